The smallest absolute Gasteiger partial charge is 0.336 e. The number of rotatable bonds is 8. The number of carbonyl (C=O) groups is 2. The fourth-order valence-corrected chi connectivity index (χ4v) is 4.79. The lowest BCUT2D eigenvalue weighted by Crippen LogP contribution is -2.41. The zero-order valence-electron chi connectivity index (χ0n) is 19.4. The van der Waals surface area contributed by atoms with Gasteiger partial charge in [-0.25, -0.2) is 4.79 Å². The normalized spacial score (nSPS) is 19.8. The van der Waals surface area contributed by atoms with Gasteiger partial charge in [-0.15, -0.1) is 0 Å². The van der Waals surface area contributed by atoms with Crippen LogP contribution in [0.25, 0.3) is 10.4 Å². The number of nitrogens with zero attached hydrogens (tertiary/aromatic N) is 4. The Morgan fingerprint density at radius 2 is 2.06 bits per heavy atom. The number of ether oxygens (including phenoxy) is 2. The predicted molar refractivity (Wildman–Crippen MR) is 125 cm³/mol. The Morgan fingerprint density at radius 1 is 1.33 bits per heavy atom. The number of likely N-dealkylation sites (N-methyl/N-ethyl adjacent to an activating group) is 1. The maximum Gasteiger partial charge on any atom is 0.336 e. The standard InChI is InChI=1S/C24H29ClN4O4/c1-5-33-23(31)22-18(14-32-11-10-27-28-26)29(4)17-12-24(2,3)13-19(30)21(17)20(22)15-8-6-7-9-16(15)25/h6-9,20H,5,10-14H2,1-4H3. The Morgan fingerprint density at radius 3 is 2.73 bits per heavy atom. The molecule has 1 heterocycles. The summed E-state index contributed by atoms with van der Waals surface area (Å²) in [6, 6.07) is 7.26. The third-order valence-corrected chi connectivity index (χ3v) is 6.29. The summed E-state index contributed by atoms with van der Waals surface area (Å²) in [6.07, 6.45) is 1.05. The van der Waals surface area contributed by atoms with Gasteiger partial charge in [-0.2, -0.15) is 0 Å². The number of Topliss-reactive ketones (excluding diaryl/α,β-unsaturated/α-hetero) is 1. The molecule has 0 saturated carbocycles. The van der Waals surface area contributed by atoms with Gasteiger partial charge >= 0.3 is 5.97 Å². The van der Waals surface area contributed by atoms with Gasteiger partial charge in [0.2, 0.25) is 0 Å². The van der Waals surface area contributed by atoms with E-state index < -0.39 is 11.9 Å². The van der Waals surface area contributed by atoms with Crippen LogP contribution in [0.1, 0.15) is 45.1 Å². The van der Waals surface area contributed by atoms with Crippen LogP contribution in [0.2, 0.25) is 5.02 Å². The molecule has 1 aromatic rings. The summed E-state index contributed by atoms with van der Waals surface area (Å²) in [5.74, 6) is -1.15. The van der Waals surface area contributed by atoms with Crippen LogP contribution in [0.5, 0.6) is 0 Å². The molecule has 0 saturated heterocycles. The van der Waals surface area contributed by atoms with Crippen molar-refractivity contribution in [3.05, 3.63) is 67.8 Å². The lowest BCUT2D eigenvalue weighted by atomic mass is 9.68. The van der Waals surface area contributed by atoms with E-state index in [1.165, 1.54) is 0 Å². The molecule has 0 fully saturated rings. The second-order valence-electron chi connectivity index (χ2n) is 8.90. The van der Waals surface area contributed by atoms with Crippen LogP contribution in [-0.2, 0) is 19.1 Å². The zero-order valence-corrected chi connectivity index (χ0v) is 20.2. The number of esters is 1. The molecule has 3 rings (SSSR count). The van der Waals surface area contributed by atoms with Gasteiger partial charge < -0.3 is 14.4 Å². The molecule has 1 unspecified atom stereocenters. The number of ketones is 1. The van der Waals surface area contributed by atoms with E-state index in [1.807, 2.05) is 30.1 Å². The van der Waals surface area contributed by atoms with E-state index >= 15 is 0 Å². The van der Waals surface area contributed by atoms with Crippen molar-refractivity contribution in [1.29, 1.82) is 0 Å². The number of carbonyl (C=O) groups excluding carboxylic acids is 2. The molecule has 1 aromatic carbocycles. The Balaban J connectivity index is 2.20. The van der Waals surface area contributed by atoms with Crippen molar-refractivity contribution in [1.82, 2.24) is 4.90 Å². The molecule has 0 amide bonds. The minimum absolute atomic E-state index is 0.00291. The first kappa shape index (κ1) is 24.8. The molecule has 0 N–H and O–H groups in total. The molecule has 1 aliphatic carbocycles. The van der Waals surface area contributed by atoms with E-state index in [-0.39, 0.29) is 37.6 Å². The average molecular weight is 473 g/mol. The lowest BCUT2D eigenvalue weighted by molar-refractivity contribution is -0.139. The molecule has 9 heteroatoms. The predicted octanol–water partition coefficient (Wildman–Crippen LogP) is 5.16. The summed E-state index contributed by atoms with van der Waals surface area (Å²) in [7, 11) is 1.85. The number of hydrogen-bond donors (Lipinski definition) is 0. The molecule has 2 aliphatic rings. The maximum atomic E-state index is 13.5. The van der Waals surface area contributed by atoms with Crippen molar-refractivity contribution in [2.24, 2.45) is 10.5 Å². The largest absolute Gasteiger partial charge is 0.463 e. The van der Waals surface area contributed by atoms with E-state index in [9.17, 15) is 9.59 Å². The number of halogens is 1. The maximum absolute atomic E-state index is 13.5. The second-order valence-corrected chi connectivity index (χ2v) is 9.31. The van der Waals surface area contributed by atoms with Gasteiger partial charge in [-0.1, -0.05) is 48.8 Å². The fourth-order valence-electron chi connectivity index (χ4n) is 4.54. The molecule has 1 aliphatic heterocycles. The van der Waals surface area contributed by atoms with E-state index in [0.717, 1.165) is 5.70 Å². The first-order chi connectivity index (χ1) is 15.7. The molecule has 8 nitrogen and oxygen atoms in total. The number of allylic oxidation sites excluding steroid dienone is 2. The fraction of sp³-hybridized carbons (Fsp3) is 0.500. The van der Waals surface area contributed by atoms with Gasteiger partial charge in [0.15, 0.2) is 5.78 Å². The highest BCUT2D eigenvalue weighted by Gasteiger charge is 2.46. The van der Waals surface area contributed by atoms with Crippen LogP contribution in [0.4, 0.5) is 0 Å². The monoisotopic (exact) mass is 472 g/mol. The van der Waals surface area contributed by atoms with Gasteiger partial charge in [-0.3, -0.25) is 4.79 Å². The van der Waals surface area contributed by atoms with Gasteiger partial charge in [0, 0.05) is 47.1 Å². The molecular formula is C24H29ClN4O4. The number of benzene rings is 1. The Bertz CT molecular complexity index is 1060. The summed E-state index contributed by atoms with van der Waals surface area (Å²) < 4.78 is 11.2. The highest BCUT2D eigenvalue weighted by atomic mass is 35.5. The molecule has 0 radical (unpaired) electrons. The summed E-state index contributed by atoms with van der Waals surface area (Å²) in [4.78, 5) is 31.4. The van der Waals surface area contributed by atoms with Crippen molar-refractivity contribution >= 4 is 23.4 Å². The van der Waals surface area contributed by atoms with Crippen molar-refractivity contribution in [2.45, 2.75) is 39.5 Å². The van der Waals surface area contributed by atoms with Crippen LogP contribution in [0, 0.1) is 5.41 Å². The molecule has 0 spiro atoms. The third-order valence-electron chi connectivity index (χ3n) is 5.94. The number of hydrogen-bond acceptors (Lipinski definition) is 6. The molecular weight excluding hydrogens is 444 g/mol. The highest BCUT2D eigenvalue weighted by molar-refractivity contribution is 6.31. The van der Waals surface area contributed by atoms with Gasteiger partial charge in [0.25, 0.3) is 0 Å². The van der Waals surface area contributed by atoms with Crippen LogP contribution < -0.4 is 0 Å². The lowest BCUT2D eigenvalue weighted by Gasteiger charge is -2.44. The van der Waals surface area contributed by atoms with Gasteiger partial charge in [0.1, 0.15) is 0 Å². The van der Waals surface area contributed by atoms with E-state index in [1.54, 1.807) is 13.0 Å². The minimum Gasteiger partial charge on any atom is -0.463 e. The summed E-state index contributed by atoms with van der Waals surface area (Å²) in [5, 5.41) is 3.96. The van der Waals surface area contributed by atoms with Crippen molar-refractivity contribution < 1.29 is 19.1 Å². The van der Waals surface area contributed by atoms with Crippen LogP contribution in [-0.4, -0.2) is 50.1 Å². The number of azide groups is 1. The first-order valence-electron chi connectivity index (χ1n) is 10.9. The molecule has 176 valence electrons. The molecule has 33 heavy (non-hydrogen) atoms. The van der Waals surface area contributed by atoms with Crippen molar-refractivity contribution in [2.75, 3.05) is 33.4 Å². The summed E-state index contributed by atoms with van der Waals surface area (Å²) in [5.41, 5.74) is 11.4. The highest BCUT2D eigenvalue weighted by Crippen LogP contribution is 2.50. The zero-order chi connectivity index (χ0) is 24.2. The topological polar surface area (TPSA) is 105 Å². The van der Waals surface area contributed by atoms with Crippen LogP contribution in [0.3, 0.4) is 0 Å². The van der Waals surface area contributed by atoms with Crippen molar-refractivity contribution in [3.8, 4) is 0 Å². The quantitative estimate of drug-likeness (QED) is 0.171. The summed E-state index contributed by atoms with van der Waals surface area (Å²) >= 11 is 6.59. The van der Waals surface area contributed by atoms with Gasteiger partial charge in [0.05, 0.1) is 31.1 Å². The van der Waals surface area contributed by atoms with E-state index in [2.05, 4.69) is 23.9 Å². The second kappa shape index (κ2) is 10.4. The van der Waals surface area contributed by atoms with E-state index in [0.29, 0.717) is 40.3 Å². The van der Waals surface area contributed by atoms with Gasteiger partial charge in [-0.05, 0) is 35.9 Å². The van der Waals surface area contributed by atoms with E-state index in [4.69, 9.17) is 26.6 Å². The van der Waals surface area contributed by atoms with Crippen molar-refractivity contribution in [3.63, 3.8) is 0 Å². The average Bonchev–Trinajstić information content (AvgIpc) is 2.75. The molecule has 0 bridgehead atoms. The third kappa shape index (κ3) is 5.24. The Hall–Kier alpha value is -2.80. The Labute approximate surface area is 198 Å². The van der Waals surface area contributed by atoms with Crippen LogP contribution >= 0.6 is 11.6 Å². The van der Waals surface area contributed by atoms with Crippen LogP contribution in [0.15, 0.2) is 51.9 Å². The Kier molecular flexibility index (Phi) is 7.84. The first-order valence-corrected chi connectivity index (χ1v) is 11.3. The summed E-state index contributed by atoms with van der Waals surface area (Å²) in [6.45, 7) is 6.53. The SMILES string of the molecule is CCOC(=O)C1=C(COCCN=[N+]=[N-])N(C)C2=C(C(=O)CC(C)(C)C2)C1c1ccccc1Cl. The minimum atomic E-state index is -0.650. The molecule has 1 atom stereocenters. The molecule has 0 aromatic heterocycles.